The van der Waals surface area contributed by atoms with Crippen LogP contribution in [0.4, 0.5) is 0 Å². The maximum Gasteiger partial charge on any atom is 0.134 e. The number of nitrogens with zero attached hydrogens (tertiary/aromatic N) is 2. The molecule has 1 aliphatic rings. The second-order valence-electron chi connectivity index (χ2n) is 4.30. The van der Waals surface area contributed by atoms with E-state index in [1.807, 2.05) is 7.05 Å². The van der Waals surface area contributed by atoms with Crippen molar-refractivity contribution in [1.82, 2.24) is 15.5 Å². The van der Waals surface area contributed by atoms with Crippen molar-refractivity contribution in [3.8, 4) is 0 Å². The van der Waals surface area contributed by atoms with Crippen molar-refractivity contribution in [2.45, 2.75) is 44.8 Å². The van der Waals surface area contributed by atoms with Gasteiger partial charge >= 0.3 is 0 Å². The van der Waals surface area contributed by atoms with Crippen LogP contribution in [0, 0.1) is 0 Å². The second kappa shape index (κ2) is 5.21. The Morgan fingerprint density at radius 2 is 2.38 bits per heavy atom. The average Bonchev–Trinajstić information content (AvgIpc) is 2.89. The van der Waals surface area contributed by atoms with Gasteiger partial charge in [-0.1, -0.05) is 18.3 Å². The smallest absolute Gasteiger partial charge is 0.134 e. The Kier molecular flexibility index (Phi) is 3.89. The highest BCUT2D eigenvalue weighted by molar-refractivity contribution is 7.11. The lowest BCUT2D eigenvalue weighted by atomic mass is 10.1. The van der Waals surface area contributed by atoms with Crippen LogP contribution in [0.3, 0.4) is 0 Å². The van der Waals surface area contributed by atoms with Crippen LogP contribution in [-0.4, -0.2) is 30.0 Å². The van der Waals surface area contributed by atoms with Gasteiger partial charge < -0.3 is 10.1 Å². The van der Waals surface area contributed by atoms with Crippen molar-refractivity contribution in [1.29, 1.82) is 0 Å². The molecule has 2 heterocycles. The molecular weight excluding hydrogens is 222 g/mol. The summed E-state index contributed by atoms with van der Waals surface area (Å²) in [5.41, 5.74) is 0. The summed E-state index contributed by atoms with van der Waals surface area (Å²) < 4.78 is 5.57. The summed E-state index contributed by atoms with van der Waals surface area (Å²) in [5.74, 6) is 0.454. The second-order valence-corrected chi connectivity index (χ2v) is 5.35. The van der Waals surface area contributed by atoms with Crippen LogP contribution < -0.4 is 5.32 Å². The van der Waals surface area contributed by atoms with Gasteiger partial charge in [0, 0.05) is 5.92 Å². The number of rotatable bonds is 4. The van der Waals surface area contributed by atoms with Crippen LogP contribution in [0.1, 0.15) is 48.7 Å². The van der Waals surface area contributed by atoms with Gasteiger partial charge in [0.1, 0.15) is 10.0 Å². The molecule has 0 saturated carbocycles. The number of hydrogen-bond acceptors (Lipinski definition) is 5. The number of aromatic nitrogens is 2. The van der Waals surface area contributed by atoms with E-state index in [4.69, 9.17) is 4.74 Å². The third kappa shape index (κ3) is 2.42. The van der Waals surface area contributed by atoms with Crippen molar-refractivity contribution in [2.75, 3.05) is 13.7 Å². The Morgan fingerprint density at radius 1 is 1.56 bits per heavy atom. The SMILES string of the molecule is CCC(NC)c1nnc(C2COC(C)C2)s1. The predicted octanol–water partition coefficient (Wildman–Crippen LogP) is 2.10. The van der Waals surface area contributed by atoms with Crippen molar-refractivity contribution in [3.05, 3.63) is 10.0 Å². The molecule has 3 atom stereocenters. The van der Waals surface area contributed by atoms with E-state index in [0.29, 0.717) is 18.1 Å². The molecule has 1 N–H and O–H groups in total. The average molecular weight is 241 g/mol. The van der Waals surface area contributed by atoms with Gasteiger partial charge in [-0.3, -0.25) is 0 Å². The molecule has 0 aromatic carbocycles. The molecule has 2 rings (SSSR count). The van der Waals surface area contributed by atoms with E-state index in [9.17, 15) is 0 Å². The zero-order valence-electron chi connectivity index (χ0n) is 10.1. The maximum atomic E-state index is 5.57. The summed E-state index contributed by atoms with van der Waals surface area (Å²) >= 11 is 1.72. The Bertz CT molecular complexity index is 338. The fourth-order valence-electron chi connectivity index (χ4n) is 2.04. The first kappa shape index (κ1) is 12.0. The van der Waals surface area contributed by atoms with E-state index in [1.54, 1.807) is 11.3 Å². The Hall–Kier alpha value is -0.520. The fraction of sp³-hybridized carbons (Fsp3) is 0.818. The molecular formula is C11H19N3OS. The Balaban J connectivity index is 2.07. The van der Waals surface area contributed by atoms with Gasteiger partial charge in [-0.25, -0.2) is 0 Å². The summed E-state index contributed by atoms with van der Waals surface area (Å²) in [7, 11) is 1.97. The first-order valence-electron chi connectivity index (χ1n) is 5.86. The molecule has 1 fully saturated rings. The van der Waals surface area contributed by atoms with E-state index >= 15 is 0 Å². The topological polar surface area (TPSA) is 47.0 Å². The van der Waals surface area contributed by atoms with E-state index < -0.39 is 0 Å². The number of hydrogen-bond donors (Lipinski definition) is 1. The van der Waals surface area contributed by atoms with Crippen LogP contribution in [0.5, 0.6) is 0 Å². The highest BCUT2D eigenvalue weighted by Gasteiger charge is 2.27. The van der Waals surface area contributed by atoms with E-state index in [0.717, 1.165) is 29.5 Å². The van der Waals surface area contributed by atoms with Gasteiger partial charge in [-0.2, -0.15) is 0 Å². The lowest BCUT2D eigenvalue weighted by Gasteiger charge is -2.08. The third-order valence-electron chi connectivity index (χ3n) is 3.06. The Morgan fingerprint density at radius 3 is 2.94 bits per heavy atom. The van der Waals surface area contributed by atoms with Crippen LogP contribution in [0.15, 0.2) is 0 Å². The zero-order chi connectivity index (χ0) is 11.5. The van der Waals surface area contributed by atoms with Crippen LogP contribution in [-0.2, 0) is 4.74 Å². The summed E-state index contributed by atoms with van der Waals surface area (Å²) in [4.78, 5) is 0. The van der Waals surface area contributed by atoms with Crippen molar-refractivity contribution < 1.29 is 4.74 Å². The molecule has 3 unspecified atom stereocenters. The van der Waals surface area contributed by atoms with Crippen molar-refractivity contribution >= 4 is 11.3 Å². The van der Waals surface area contributed by atoms with Crippen LogP contribution in [0.25, 0.3) is 0 Å². The van der Waals surface area contributed by atoms with Crippen molar-refractivity contribution in [2.24, 2.45) is 0 Å². The summed E-state index contributed by atoms with van der Waals surface area (Å²) in [5, 5.41) is 14.1. The van der Waals surface area contributed by atoms with E-state index in [2.05, 4.69) is 29.4 Å². The molecule has 1 aromatic heterocycles. The zero-order valence-corrected chi connectivity index (χ0v) is 10.9. The van der Waals surface area contributed by atoms with Gasteiger partial charge in [0.25, 0.3) is 0 Å². The summed E-state index contributed by atoms with van der Waals surface area (Å²) in [6, 6.07) is 0.339. The monoisotopic (exact) mass is 241 g/mol. The highest BCUT2D eigenvalue weighted by atomic mass is 32.1. The quantitative estimate of drug-likeness (QED) is 0.877. The lowest BCUT2D eigenvalue weighted by molar-refractivity contribution is 0.123. The first-order chi connectivity index (χ1) is 7.74. The van der Waals surface area contributed by atoms with Gasteiger partial charge in [0.05, 0.1) is 18.8 Å². The molecule has 5 heteroatoms. The van der Waals surface area contributed by atoms with Crippen LogP contribution in [0.2, 0.25) is 0 Å². The standard InChI is InChI=1S/C11H19N3OS/c1-4-9(12-3)11-14-13-10(16-11)8-5-7(2)15-6-8/h7-9,12H,4-6H2,1-3H3. The third-order valence-corrected chi connectivity index (χ3v) is 4.26. The van der Waals surface area contributed by atoms with Gasteiger partial charge in [-0.05, 0) is 26.8 Å². The molecule has 0 spiro atoms. The number of nitrogens with one attached hydrogen (secondary N) is 1. The molecule has 0 amide bonds. The molecule has 0 bridgehead atoms. The largest absolute Gasteiger partial charge is 0.378 e. The maximum absolute atomic E-state index is 5.57. The molecule has 1 saturated heterocycles. The normalized spacial score (nSPS) is 27.2. The molecule has 4 nitrogen and oxygen atoms in total. The van der Waals surface area contributed by atoms with Crippen molar-refractivity contribution in [3.63, 3.8) is 0 Å². The van der Waals surface area contributed by atoms with E-state index in [1.165, 1.54) is 0 Å². The summed E-state index contributed by atoms with van der Waals surface area (Å²) in [6.07, 6.45) is 2.48. The summed E-state index contributed by atoms with van der Waals surface area (Å²) in [6.45, 7) is 5.07. The Labute approximate surface area is 100 Å². The predicted molar refractivity (Wildman–Crippen MR) is 64.8 cm³/mol. The molecule has 16 heavy (non-hydrogen) atoms. The molecule has 0 aliphatic carbocycles. The molecule has 1 aromatic rings. The minimum absolute atomic E-state index is 0.339. The number of ether oxygens (including phenoxy) is 1. The van der Waals surface area contributed by atoms with Gasteiger partial charge in [0.15, 0.2) is 0 Å². The molecule has 1 aliphatic heterocycles. The fourth-order valence-corrected chi connectivity index (χ4v) is 3.18. The minimum atomic E-state index is 0.339. The molecule has 90 valence electrons. The van der Waals surface area contributed by atoms with Crippen LogP contribution >= 0.6 is 11.3 Å². The highest BCUT2D eigenvalue weighted by Crippen LogP contribution is 2.32. The van der Waals surface area contributed by atoms with E-state index in [-0.39, 0.29) is 0 Å². The lowest BCUT2D eigenvalue weighted by Crippen LogP contribution is -2.14. The molecule has 0 radical (unpaired) electrons. The van der Waals surface area contributed by atoms with Gasteiger partial charge in [-0.15, -0.1) is 10.2 Å². The minimum Gasteiger partial charge on any atom is -0.378 e. The van der Waals surface area contributed by atoms with Gasteiger partial charge in [0.2, 0.25) is 0 Å². The first-order valence-corrected chi connectivity index (χ1v) is 6.68.